The van der Waals surface area contributed by atoms with E-state index in [0.29, 0.717) is 10.8 Å². The Bertz CT molecular complexity index is 686. The highest BCUT2D eigenvalue weighted by Crippen LogP contribution is 2.29. The van der Waals surface area contributed by atoms with Crippen molar-refractivity contribution < 1.29 is 9.53 Å². The maximum Gasteiger partial charge on any atom is 0.262 e. The van der Waals surface area contributed by atoms with Gasteiger partial charge in [0.1, 0.15) is 5.75 Å². The molecule has 0 aliphatic rings. The molecule has 0 bridgehead atoms. The third-order valence-corrected chi connectivity index (χ3v) is 4.41. The van der Waals surface area contributed by atoms with Crippen molar-refractivity contribution in [1.82, 2.24) is 0 Å². The number of hydrogen-bond donors (Lipinski definition) is 1. The second-order valence-electron chi connectivity index (χ2n) is 5.06. The Morgan fingerprint density at radius 3 is 2.43 bits per heavy atom. The zero-order chi connectivity index (χ0) is 16.8. The first-order chi connectivity index (χ1) is 11.0. The zero-order valence-corrected chi connectivity index (χ0v) is 15.5. The van der Waals surface area contributed by atoms with E-state index in [1.807, 2.05) is 43.3 Å². The van der Waals surface area contributed by atoms with Gasteiger partial charge < -0.3 is 10.1 Å². The van der Waals surface area contributed by atoms with Crippen molar-refractivity contribution in [1.29, 1.82) is 0 Å². The standard InChI is InChI=1S/C18H19BrClNO2/c1-3-12-5-10-16(20)15(4-2)18(12)21-17(22)11-23-14-8-6-13(19)7-9-14/h5-10H,3-4,11H2,1-2H3,(H,21,22). The van der Waals surface area contributed by atoms with Gasteiger partial charge in [0.2, 0.25) is 0 Å². The van der Waals surface area contributed by atoms with Crippen LogP contribution in [0.2, 0.25) is 5.02 Å². The van der Waals surface area contributed by atoms with Gasteiger partial charge in [-0.15, -0.1) is 0 Å². The molecule has 122 valence electrons. The fraction of sp³-hybridized carbons (Fsp3) is 0.278. The number of aryl methyl sites for hydroxylation is 1. The first-order valence-electron chi connectivity index (χ1n) is 7.53. The molecular formula is C18H19BrClNO2. The van der Waals surface area contributed by atoms with Crippen LogP contribution in [0, 0.1) is 0 Å². The summed E-state index contributed by atoms with van der Waals surface area (Å²) in [5, 5.41) is 3.62. The fourth-order valence-corrected chi connectivity index (χ4v) is 2.88. The number of ether oxygens (including phenoxy) is 1. The summed E-state index contributed by atoms with van der Waals surface area (Å²) >= 11 is 9.60. The third-order valence-electron chi connectivity index (χ3n) is 3.52. The van der Waals surface area contributed by atoms with Crippen LogP contribution < -0.4 is 10.1 Å². The van der Waals surface area contributed by atoms with E-state index in [1.165, 1.54) is 0 Å². The van der Waals surface area contributed by atoms with Crippen LogP contribution in [0.3, 0.4) is 0 Å². The summed E-state index contributed by atoms with van der Waals surface area (Å²) in [6.07, 6.45) is 1.59. The molecule has 0 fully saturated rings. The molecule has 0 aromatic heterocycles. The largest absolute Gasteiger partial charge is 0.484 e. The Labute approximate surface area is 150 Å². The van der Waals surface area contributed by atoms with Crippen LogP contribution in [0.15, 0.2) is 40.9 Å². The number of carbonyl (C=O) groups excluding carboxylic acids is 1. The molecule has 0 unspecified atom stereocenters. The summed E-state index contributed by atoms with van der Waals surface area (Å²) in [6.45, 7) is 4.03. The molecule has 1 amide bonds. The highest BCUT2D eigenvalue weighted by Gasteiger charge is 2.13. The van der Waals surface area contributed by atoms with E-state index >= 15 is 0 Å². The fourth-order valence-electron chi connectivity index (χ4n) is 2.32. The third kappa shape index (κ3) is 4.72. The lowest BCUT2D eigenvalue weighted by molar-refractivity contribution is -0.118. The molecule has 5 heteroatoms. The molecule has 2 rings (SSSR count). The van der Waals surface area contributed by atoms with E-state index < -0.39 is 0 Å². The van der Waals surface area contributed by atoms with Gasteiger partial charge in [0.15, 0.2) is 6.61 Å². The maximum atomic E-state index is 12.2. The zero-order valence-electron chi connectivity index (χ0n) is 13.2. The van der Waals surface area contributed by atoms with Gasteiger partial charge in [-0.05, 0) is 54.3 Å². The van der Waals surface area contributed by atoms with Gasteiger partial charge in [-0.1, -0.05) is 47.4 Å². The molecule has 0 saturated carbocycles. The van der Waals surface area contributed by atoms with Crippen LogP contribution in [0.1, 0.15) is 25.0 Å². The van der Waals surface area contributed by atoms with Crippen LogP contribution >= 0.6 is 27.5 Å². The molecule has 0 spiro atoms. The van der Waals surface area contributed by atoms with Crippen LogP contribution in [0.25, 0.3) is 0 Å². The average Bonchev–Trinajstić information content (AvgIpc) is 2.55. The molecular weight excluding hydrogens is 378 g/mol. The van der Waals surface area contributed by atoms with E-state index in [9.17, 15) is 4.79 Å². The lowest BCUT2D eigenvalue weighted by atomic mass is 10.0. The Kier molecular flexibility index (Phi) is 6.48. The van der Waals surface area contributed by atoms with Crippen molar-refractivity contribution in [3.05, 3.63) is 57.0 Å². The molecule has 0 atom stereocenters. The van der Waals surface area contributed by atoms with Crippen LogP contribution in [-0.4, -0.2) is 12.5 Å². The van der Waals surface area contributed by atoms with Crippen LogP contribution in [-0.2, 0) is 17.6 Å². The van der Waals surface area contributed by atoms with Crippen molar-refractivity contribution in [2.45, 2.75) is 26.7 Å². The number of hydrogen-bond acceptors (Lipinski definition) is 2. The molecule has 0 aliphatic heterocycles. The summed E-state index contributed by atoms with van der Waals surface area (Å²) in [5.74, 6) is 0.459. The Morgan fingerprint density at radius 1 is 1.13 bits per heavy atom. The first kappa shape index (κ1) is 17.8. The molecule has 0 radical (unpaired) electrons. The smallest absolute Gasteiger partial charge is 0.262 e. The van der Waals surface area contributed by atoms with Gasteiger partial charge in [0.05, 0.1) is 0 Å². The molecule has 0 aliphatic carbocycles. The molecule has 2 aromatic carbocycles. The van der Waals surface area contributed by atoms with Gasteiger partial charge >= 0.3 is 0 Å². The average molecular weight is 397 g/mol. The van der Waals surface area contributed by atoms with Crippen molar-refractivity contribution in [2.24, 2.45) is 0 Å². The summed E-state index contributed by atoms with van der Waals surface area (Å²) in [4.78, 5) is 12.2. The first-order valence-corrected chi connectivity index (χ1v) is 8.70. The number of amides is 1. The van der Waals surface area contributed by atoms with Crippen molar-refractivity contribution in [3.63, 3.8) is 0 Å². The van der Waals surface area contributed by atoms with E-state index in [2.05, 4.69) is 28.2 Å². The van der Waals surface area contributed by atoms with Gasteiger partial charge in [-0.25, -0.2) is 0 Å². The Balaban J connectivity index is 2.07. The van der Waals surface area contributed by atoms with Crippen molar-refractivity contribution in [2.75, 3.05) is 11.9 Å². The highest BCUT2D eigenvalue weighted by molar-refractivity contribution is 9.10. The minimum Gasteiger partial charge on any atom is -0.484 e. The quantitative estimate of drug-likeness (QED) is 0.724. The van der Waals surface area contributed by atoms with Crippen LogP contribution in [0.4, 0.5) is 5.69 Å². The number of nitrogens with one attached hydrogen (secondary N) is 1. The molecule has 23 heavy (non-hydrogen) atoms. The van der Waals surface area contributed by atoms with Gasteiger partial charge in [-0.3, -0.25) is 4.79 Å². The molecule has 3 nitrogen and oxygen atoms in total. The topological polar surface area (TPSA) is 38.3 Å². The second-order valence-corrected chi connectivity index (χ2v) is 6.38. The van der Waals surface area contributed by atoms with E-state index in [-0.39, 0.29) is 12.5 Å². The van der Waals surface area contributed by atoms with Gasteiger partial charge in [0, 0.05) is 15.2 Å². The van der Waals surface area contributed by atoms with Gasteiger partial charge in [-0.2, -0.15) is 0 Å². The SMILES string of the molecule is CCc1ccc(Cl)c(CC)c1NC(=O)COc1ccc(Br)cc1. The lowest BCUT2D eigenvalue weighted by Crippen LogP contribution is -2.22. The summed E-state index contributed by atoms with van der Waals surface area (Å²) in [5.41, 5.74) is 2.85. The maximum absolute atomic E-state index is 12.2. The number of halogens is 2. The van der Waals surface area contributed by atoms with E-state index in [0.717, 1.165) is 34.1 Å². The van der Waals surface area contributed by atoms with Crippen molar-refractivity contribution in [3.8, 4) is 5.75 Å². The van der Waals surface area contributed by atoms with Gasteiger partial charge in [0.25, 0.3) is 5.91 Å². The predicted octanol–water partition coefficient (Wildman–Crippen LogP) is 5.24. The van der Waals surface area contributed by atoms with Crippen LogP contribution in [0.5, 0.6) is 5.75 Å². The molecule has 0 heterocycles. The number of rotatable bonds is 6. The number of carbonyl (C=O) groups is 1. The second kappa shape index (κ2) is 8.37. The summed E-state index contributed by atoms with van der Waals surface area (Å²) in [7, 11) is 0. The summed E-state index contributed by atoms with van der Waals surface area (Å²) in [6, 6.07) is 11.2. The molecule has 1 N–H and O–H groups in total. The number of anilines is 1. The normalized spacial score (nSPS) is 10.4. The lowest BCUT2D eigenvalue weighted by Gasteiger charge is -2.16. The molecule has 2 aromatic rings. The minimum absolute atomic E-state index is 0.0412. The Hall–Kier alpha value is -1.52. The number of benzene rings is 2. The summed E-state index contributed by atoms with van der Waals surface area (Å²) < 4.78 is 6.47. The van der Waals surface area contributed by atoms with Crippen molar-refractivity contribution >= 4 is 39.1 Å². The highest BCUT2D eigenvalue weighted by atomic mass is 79.9. The predicted molar refractivity (Wildman–Crippen MR) is 98.5 cm³/mol. The van der Waals surface area contributed by atoms with E-state index in [1.54, 1.807) is 0 Å². The Morgan fingerprint density at radius 2 is 1.83 bits per heavy atom. The molecule has 0 saturated heterocycles. The monoisotopic (exact) mass is 395 g/mol. The minimum atomic E-state index is -0.195. The van der Waals surface area contributed by atoms with E-state index in [4.69, 9.17) is 16.3 Å².